The van der Waals surface area contributed by atoms with E-state index in [0.29, 0.717) is 45.0 Å². The van der Waals surface area contributed by atoms with E-state index in [0.717, 1.165) is 16.7 Å². The van der Waals surface area contributed by atoms with Crippen molar-refractivity contribution in [2.75, 3.05) is 31.1 Å². The van der Waals surface area contributed by atoms with Gasteiger partial charge in [-0.05, 0) is 18.2 Å². The molecule has 1 aliphatic rings. The highest BCUT2D eigenvalue weighted by atomic mass is 19.4. The lowest BCUT2D eigenvalue weighted by Gasteiger charge is -2.35. The number of alkyl halides is 3. The van der Waals surface area contributed by atoms with Crippen LogP contribution in [0.3, 0.4) is 0 Å². The van der Waals surface area contributed by atoms with Crippen molar-refractivity contribution < 1.29 is 22.1 Å². The van der Waals surface area contributed by atoms with Gasteiger partial charge in [-0.15, -0.1) is 0 Å². The molecule has 2 aromatic heterocycles. The van der Waals surface area contributed by atoms with E-state index in [1.807, 2.05) is 24.3 Å². The molecule has 9 heteroatoms. The Morgan fingerprint density at radius 2 is 1.81 bits per heavy atom. The molecule has 0 amide bonds. The van der Waals surface area contributed by atoms with E-state index < -0.39 is 17.6 Å². The van der Waals surface area contributed by atoms with Crippen LogP contribution in [0.1, 0.15) is 11.3 Å². The molecule has 3 heterocycles. The van der Waals surface area contributed by atoms with Crippen molar-refractivity contribution in [1.82, 2.24) is 15.0 Å². The van der Waals surface area contributed by atoms with Crippen LogP contribution in [-0.2, 0) is 12.7 Å². The molecule has 0 radical (unpaired) electrons. The first-order valence-corrected chi connectivity index (χ1v) is 8.45. The highest BCUT2D eigenvalue weighted by Gasteiger charge is 2.32. The molecule has 1 aliphatic heterocycles. The number of fused-ring (bicyclic) bond motifs is 1. The van der Waals surface area contributed by atoms with Crippen molar-refractivity contribution >= 4 is 16.8 Å². The Balaban J connectivity index is 1.42. The lowest BCUT2D eigenvalue weighted by Crippen LogP contribution is -2.46. The van der Waals surface area contributed by atoms with E-state index in [1.54, 1.807) is 4.90 Å². The third-order valence-electron chi connectivity index (χ3n) is 4.65. The van der Waals surface area contributed by atoms with Crippen molar-refractivity contribution in [3.8, 4) is 0 Å². The summed E-state index contributed by atoms with van der Waals surface area (Å²) in [6.45, 7) is 2.75. The number of hydrogen-bond acceptors (Lipinski definition) is 5. The SMILES string of the molecule is Fc1cc(C(F)(F)F)cnc1N1CCN(Cc2noc3ccccc23)CC1. The molecule has 1 saturated heterocycles. The first kappa shape index (κ1) is 17.7. The molecule has 0 spiro atoms. The van der Waals surface area contributed by atoms with Gasteiger partial charge in [0.15, 0.2) is 17.2 Å². The Bertz CT molecular complexity index is 948. The quantitative estimate of drug-likeness (QED) is 0.649. The van der Waals surface area contributed by atoms with Gasteiger partial charge < -0.3 is 9.42 Å². The number of para-hydroxylation sites is 1. The van der Waals surface area contributed by atoms with Crippen LogP contribution >= 0.6 is 0 Å². The normalized spacial score (nSPS) is 16.2. The smallest absolute Gasteiger partial charge is 0.356 e. The van der Waals surface area contributed by atoms with Gasteiger partial charge in [-0.2, -0.15) is 13.2 Å². The summed E-state index contributed by atoms with van der Waals surface area (Å²) in [5.41, 5.74) is 0.473. The van der Waals surface area contributed by atoms with Crippen molar-refractivity contribution in [2.24, 2.45) is 0 Å². The fraction of sp³-hybridized carbons (Fsp3) is 0.333. The Kier molecular flexibility index (Phi) is 4.47. The number of hydrogen-bond donors (Lipinski definition) is 0. The number of piperazine rings is 1. The molecule has 0 bridgehead atoms. The number of benzene rings is 1. The van der Waals surface area contributed by atoms with E-state index in [1.165, 1.54) is 0 Å². The summed E-state index contributed by atoms with van der Waals surface area (Å²) in [5.74, 6) is -1.00. The molecule has 3 aromatic rings. The first-order valence-electron chi connectivity index (χ1n) is 8.45. The van der Waals surface area contributed by atoms with Crippen molar-refractivity contribution in [3.05, 3.63) is 53.6 Å². The zero-order valence-corrected chi connectivity index (χ0v) is 14.2. The third-order valence-corrected chi connectivity index (χ3v) is 4.65. The lowest BCUT2D eigenvalue weighted by molar-refractivity contribution is -0.138. The summed E-state index contributed by atoms with van der Waals surface area (Å²) in [4.78, 5) is 7.50. The van der Waals surface area contributed by atoms with Crippen LogP contribution in [-0.4, -0.2) is 41.2 Å². The molecular formula is C18H16F4N4O. The second-order valence-corrected chi connectivity index (χ2v) is 6.42. The molecular weight excluding hydrogens is 364 g/mol. The summed E-state index contributed by atoms with van der Waals surface area (Å²) in [6, 6.07) is 8.08. The Morgan fingerprint density at radius 3 is 2.52 bits per heavy atom. The number of rotatable bonds is 3. The molecule has 1 aromatic carbocycles. The summed E-state index contributed by atoms with van der Waals surface area (Å²) < 4.78 is 57.3. The van der Waals surface area contributed by atoms with Crippen LogP contribution in [0.25, 0.3) is 11.0 Å². The monoisotopic (exact) mass is 380 g/mol. The maximum Gasteiger partial charge on any atom is 0.417 e. The lowest BCUT2D eigenvalue weighted by atomic mass is 10.2. The van der Waals surface area contributed by atoms with Gasteiger partial charge in [-0.1, -0.05) is 17.3 Å². The zero-order valence-electron chi connectivity index (χ0n) is 14.2. The minimum atomic E-state index is -4.61. The molecule has 0 atom stereocenters. The molecule has 5 nitrogen and oxygen atoms in total. The second-order valence-electron chi connectivity index (χ2n) is 6.42. The molecule has 0 aliphatic carbocycles. The minimum Gasteiger partial charge on any atom is -0.356 e. The van der Waals surface area contributed by atoms with Crippen LogP contribution < -0.4 is 4.90 Å². The number of aromatic nitrogens is 2. The molecule has 27 heavy (non-hydrogen) atoms. The van der Waals surface area contributed by atoms with Crippen LogP contribution in [0.4, 0.5) is 23.4 Å². The van der Waals surface area contributed by atoms with Crippen LogP contribution in [0, 0.1) is 5.82 Å². The van der Waals surface area contributed by atoms with Gasteiger partial charge in [0, 0.05) is 44.3 Å². The van der Waals surface area contributed by atoms with Gasteiger partial charge in [-0.25, -0.2) is 9.37 Å². The summed E-state index contributed by atoms with van der Waals surface area (Å²) in [7, 11) is 0. The standard InChI is InChI=1S/C18H16F4N4O/c19-14-9-12(18(20,21)22)10-23-17(14)26-7-5-25(6-8-26)11-15-13-3-1-2-4-16(13)27-24-15/h1-4,9-10H,5-8,11H2. The van der Waals surface area contributed by atoms with E-state index in [-0.39, 0.29) is 5.82 Å². The Hall–Kier alpha value is -2.68. The maximum atomic E-state index is 14.1. The highest BCUT2D eigenvalue weighted by Crippen LogP contribution is 2.31. The Labute approximate surface area is 152 Å². The van der Waals surface area contributed by atoms with Gasteiger partial charge >= 0.3 is 6.18 Å². The fourth-order valence-electron chi connectivity index (χ4n) is 3.20. The zero-order chi connectivity index (χ0) is 19.0. The maximum absolute atomic E-state index is 14.1. The van der Waals surface area contributed by atoms with Crippen molar-refractivity contribution in [3.63, 3.8) is 0 Å². The Morgan fingerprint density at radius 1 is 1.07 bits per heavy atom. The second kappa shape index (κ2) is 6.80. The van der Waals surface area contributed by atoms with E-state index >= 15 is 0 Å². The summed E-state index contributed by atoms with van der Waals surface area (Å²) >= 11 is 0. The van der Waals surface area contributed by atoms with E-state index in [4.69, 9.17) is 4.52 Å². The summed E-state index contributed by atoms with van der Waals surface area (Å²) in [5, 5.41) is 5.06. The van der Waals surface area contributed by atoms with Gasteiger partial charge in [0.25, 0.3) is 0 Å². The predicted octanol–water partition coefficient (Wildman–Crippen LogP) is 3.70. The number of anilines is 1. The molecule has 0 N–H and O–H groups in total. The van der Waals surface area contributed by atoms with Crippen LogP contribution in [0.15, 0.2) is 41.1 Å². The molecule has 1 fully saturated rings. The molecule has 0 saturated carbocycles. The number of halogens is 4. The molecule has 0 unspecified atom stereocenters. The van der Waals surface area contributed by atoms with Gasteiger partial charge in [-0.3, -0.25) is 4.90 Å². The third kappa shape index (κ3) is 3.59. The average molecular weight is 380 g/mol. The largest absolute Gasteiger partial charge is 0.417 e. The number of pyridine rings is 1. The van der Waals surface area contributed by atoms with Crippen LogP contribution in [0.5, 0.6) is 0 Å². The van der Waals surface area contributed by atoms with Gasteiger partial charge in [0.05, 0.1) is 5.56 Å². The predicted molar refractivity (Wildman–Crippen MR) is 90.7 cm³/mol. The van der Waals surface area contributed by atoms with E-state index in [2.05, 4.69) is 15.0 Å². The minimum absolute atomic E-state index is 0.0467. The first-order chi connectivity index (χ1) is 12.9. The topological polar surface area (TPSA) is 45.4 Å². The van der Waals surface area contributed by atoms with Crippen molar-refractivity contribution in [2.45, 2.75) is 12.7 Å². The number of nitrogens with zero attached hydrogens (tertiary/aromatic N) is 4. The van der Waals surface area contributed by atoms with Crippen molar-refractivity contribution in [1.29, 1.82) is 0 Å². The molecule has 142 valence electrons. The summed E-state index contributed by atoms with van der Waals surface area (Å²) in [6.07, 6.45) is -3.93. The van der Waals surface area contributed by atoms with Gasteiger partial charge in [0.2, 0.25) is 0 Å². The van der Waals surface area contributed by atoms with Gasteiger partial charge in [0.1, 0.15) is 5.69 Å². The highest BCUT2D eigenvalue weighted by molar-refractivity contribution is 5.79. The van der Waals surface area contributed by atoms with E-state index in [9.17, 15) is 17.6 Å². The molecule has 4 rings (SSSR count). The average Bonchev–Trinajstić information content (AvgIpc) is 3.05. The fourth-order valence-corrected chi connectivity index (χ4v) is 3.20. The van der Waals surface area contributed by atoms with Crippen LogP contribution in [0.2, 0.25) is 0 Å².